The van der Waals surface area contributed by atoms with Crippen molar-refractivity contribution >= 4 is 5.96 Å². The molecule has 1 aromatic rings. The molecule has 1 saturated heterocycles. The first-order chi connectivity index (χ1) is 11.7. The lowest BCUT2D eigenvalue weighted by molar-refractivity contribution is 0.197. The van der Waals surface area contributed by atoms with Crippen molar-refractivity contribution in [3.63, 3.8) is 0 Å². The first-order valence-corrected chi connectivity index (χ1v) is 9.23. The second-order valence-electron chi connectivity index (χ2n) is 7.37. The van der Waals surface area contributed by atoms with E-state index in [1.807, 2.05) is 19.2 Å². The van der Waals surface area contributed by atoms with Crippen LogP contribution in [0.2, 0.25) is 0 Å². The second kappa shape index (κ2) is 6.71. The topological polar surface area (TPSA) is 39.7 Å². The van der Waals surface area contributed by atoms with E-state index in [1.54, 1.807) is 12.1 Å². The number of halogens is 1. The summed E-state index contributed by atoms with van der Waals surface area (Å²) in [5.74, 6) is 1.03. The monoisotopic (exact) mass is 330 g/mol. The molecule has 2 saturated carbocycles. The summed E-state index contributed by atoms with van der Waals surface area (Å²) in [6.45, 7) is 2.39. The molecule has 0 spiro atoms. The first-order valence-electron chi connectivity index (χ1n) is 9.23. The van der Waals surface area contributed by atoms with Crippen molar-refractivity contribution in [1.82, 2.24) is 15.5 Å². The fourth-order valence-electron chi connectivity index (χ4n) is 3.86. The van der Waals surface area contributed by atoms with Crippen LogP contribution in [0, 0.1) is 5.82 Å². The summed E-state index contributed by atoms with van der Waals surface area (Å²) in [6.07, 6.45) is 6.11. The summed E-state index contributed by atoms with van der Waals surface area (Å²) in [7, 11) is 1.81. The molecule has 4 rings (SSSR count). The first kappa shape index (κ1) is 15.9. The molecule has 0 aromatic heterocycles. The quantitative estimate of drug-likeness (QED) is 0.658. The normalized spacial score (nSPS) is 28.7. The van der Waals surface area contributed by atoms with E-state index in [1.165, 1.54) is 38.8 Å². The Morgan fingerprint density at radius 1 is 1.12 bits per heavy atom. The standard InChI is InChI=1S/C19H27FN4/c1-21-19(22-13-8-10-24(11-9-13)14-6-7-14)23-18-12-16(18)15-4-2-3-5-17(15)20/h2-5,13-14,16,18H,6-12H2,1H3,(H2,21,22,23). The second-order valence-corrected chi connectivity index (χ2v) is 7.37. The molecule has 2 unspecified atom stereocenters. The van der Waals surface area contributed by atoms with Gasteiger partial charge in [0.2, 0.25) is 0 Å². The van der Waals surface area contributed by atoms with Gasteiger partial charge < -0.3 is 15.5 Å². The molecule has 3 fully saturated rings. The largest absolute Gasteiger partial charge is 0.354 e. The summed E-state index contributed by atoms with van der Waals surface area (Å²) in [6, 6.07) is 8.76. The van der Waals surface area contributed by atoms with Crippen molar-refractivity contribution in [3.05, 3.63) is 35.6 Å². The fourth-order valence-corrected chi connectivity index (χ4v) is 3.86. The maximum atomic E-state index is 13.9. The summed E-state index contributed by atoms with van der Waals surface area (Å²) < 4.78 is 13.9. The highest BCUT2D eigenvalue weighted by Gasteiger charge is 2.40. The molecule has 1 aromatic carbocycles. The molecule has 0 bridgehead atoms. The molecule has 1 aliphatic heterocycles. The van der Waals surface area contributed by atoms with Gasteiger partial charge in [0.1, 0.15) is 5.82 Å². The highest BCUT2D eigenvalue weighted by molar-refractivity contribution is 5.80. The van der Waals surface area contributed by atoms with E-state index < -0.39 is 0 Å². The number of hydrogen-bond donors (Lipinski definition) is 2. The van der Waals surface area contributed by atoms with Crippen LogP contribution in [0.15, 0.2) is 29.3 Å². The van der Waals surface area contributed by atoms with Crippen LogP contribution in [-0.4, -0.2) is 49.1 Å². The number of hydrogen-bond acceptors (Lipinski definition) is 2. The van der Waals surface area contributed by atoms with Gasteiger partial charge in [-0.25, -0.2) is 4.39 Å². The molecule has 1 heterocycles. The molecule has 2 aliphatic carbocycles. The Labute approximate surface area is 143 Å². The van der Waals surface area contributed by atoms with Gasteiger partial charge in [-0.15, -0.1) is 0 Å². The predicted octanol–water partition coefficient (Wildman–Crippen LogP) is 2.47. The molecule has 5 heteroatoms. The third kappa shape index (κ3) is 3.56. The lowest BCUT2D eigenvalue weighted by Gasteiger charge is -2.33. The Morgan fingerprint density at radius 2 is 1.88 bits per heavy atom. The van der Waals surface area contributed by atoms with E-state index in [-0.39, 0.29) is 11.7 Å². The molecule has 0 radical (unpaired) electrons. The van der Waals surface area contributed by atoms with Gasteiger partial charge in [0, 0.05) is 44.2 Å². The van der Waals surface area contributed by atoms with Crippen LogP contribution < -0.4 is 10.6 Å². The Kier molecular flexibility index (Phi) is 4.44. The van der Waals surface area contributed by atoms with Crippen LogP contribution in [0.4, 0.5) is 4.39 Å². The van der Waals surface area contributed by atoms with Crippen molar-refractivity contribution in [1.29, 1.82) is 0 Å². The average Bonchev–Trinajstić information content (AvgIpc) is 3.50. The van der Waals surface area contributed by atoms with Gasteiger partial charge in [-0.05, 0) is 43.7 Å². The predicted molar refractivity (Wildman–Crippen MR) is 94.8 cm³/mol. The van der Waals surface area contributed by atoms with Crippen LogP contribution in [0.25, 0.3) is 0 Å². The number of likely N-dealkylation sites (tertiary alicyclic amines) is 1. The summed E-state index contributed by atoms with van der Waals surface area (Å²) in [5, 5.41) is 7.03. The van der Waals surface area contributed by atoms with Gasteiger partial charge in [0.15, 0.2) is 5.96 Å². The number of aliphatic imine (C=N–C) groups is 1. The van der Waals surface area contributed by atoms with Gasteiger partial charge in [-0.1, -0.05) is 18.2 Å². The molecule has 2 atom stereocenters. The van der Waals surface area contributed by atoms with Gasteiger partial charge in [0.25, 0.3) is 0 Å². The van der Waals surface area contributed by atoms with E-state index in [9.17, 15) is 4.39 Å². The molecular formula is C19H27FN4. The Bertz CT molecular complexity index is 605. The van der Waals surface area contributed by atoms with Crippen molar-refractivity contribution in [3.8, 4) is 0 Å². The number of guanidine groups is 1. The smallest absolute Gasteiger partial charge is 0.191 e. The minimum atomic E-state index is -0.0952. The van der Waals surface area contributed by atoms with Gasteiger partial charge in [0.05, 0.1) is 0 Å². The maximum Gasteiger partial charge on any atom is 0.191 e. The van der Waals surface area contributed by atoms with Crippen molar-refractivity contribution in [2.75, 3.05) is 20.1 Å². The van der Waals surface area contributed by atoms with E-state index in [4.69, 9.17) is 0 Å². The van der Waals surface area contributed by atoms with Gasteiger partial charge in [-0.2, -0.15) is 0 Å². The van der Waals surface area contributed by atoms with Crippen LogP contribution >= 0.6 is 0 Å². The van der Waals surface area contributed by atoms with E-state index in [0.717, 1.165) is 24.0 Å². The number of nitrogens with one attached hydrogen (secondary N) is 2. The van der Waals surface area contributed by atoms with E-state index >= 15 is 0 Å². The lowest BCUT2D eigenvalue weighted by Crippen LogP contribution is -2.49. The lowest BCUT2D eigenvalue weighted by atomic mass is 10.1. The molecule has 3 aliphatic rings. The molecule has 4 nitrogen and oxygen atoms in total. The zero-order valence-corrected chi connectivity index (χ0v) is 14.3. The van der Waals surface area contributed by atoms with Crippen LogP contribution in [0.5, 0.6) is 0 Å². The van der Waals surface area contributed by atoms with Gasteiger partial charge in [-0.3, -0.25) is 4.99 Å². The average molecular weight is 330 g/mol. The highest BCUT2D eigenvalue weighted by atomic mass is 19.1. The van der Waals surface area contributed by atoms with Crippen LogP contribution in [0.3, 0.4) is 0 Å². The SMILES string of the molecule is CN=C(NC1CCN(C2CC2)CC1)NC1CC1c1ccccc1F. The Balaban J connectivity index is 1.26. The molecule has 24 heavy (non-hydrogen) atoms. The molecule has 130 valence electrons. The van der Waals surface area contributed by atoms with Crippen LogP contribution in [-0.2, 0) is 0 Å². The number of piperidine rings is 1. The maximum absolute atomic E-state index is 13.9. The van der Waals surface area contributed by atoms with Crippen molar-refractivity contribution in [2.45, 2.75) is 56.1 Å². The number of benzene rings is 1. The minimum Gasteiger partial charge on any atom is -0.354 e. The highest BCUT2D eigenvalue weighted by Crippen LogP contribution is 2.41. The zero-order chi connectivity index (χ0) is 16.5. The van der Waals surface area contributed by atoms with Gasteiger partial charge >= 0.3 is 0 Å². The summed E-state index contributed by atoms with van der Waals surface area (Å²) in [5.41, 5.74) is 0.822. The summed E-state index contributed by atoms with van der Waals surface area (Å²) in [4.78, 5) is 6.99. The third-order valence-corrected chi connectivity index (χ3v) is 5.57. The zero-order valence-electron chi connectivity index (χ0n) is 14.3. The Morgan fingerprint density at radius 3 is 2.54 bits per heavy atom. The van der Waals surface area contributed by atoms with Crippen molar-refractivity contribution < 1.29 is 4.39 Å². The van der Waals surface area contributed by atoms with E-state index in [0.29, 0.717) is 12.1 Å². The molecule has 2 N–H and O–H groups in total. The number of nitrogens with zero attached hydrogens (tertiary/aromatic N) is 2. The molecule has 0 amide bonds. The number of rotatable bonds is 4. The summed E-state index contributed by atoms with van der Waals surface area (Å²) >= 11 is 0. The van der Waals surface area contributed by atoms with Crippen LogP contribution in [0.1, 0.15) is 43.6 Å². The fraction of sp³-hybridized carbons (Fsp3) is 0.632. The third-order valence-electron chi connectivity index (χ3n) is 5.57. The Hall–Kier alpha value is -1.62. The molecular weight excluding hydrogens is 303 g/mol. The minimum absolute atomic E-state index is 0.0952. The van der Waals surface area contributed by atoms with E-state index in [2.05, 4.69) is 20.5 Å². The van der Waals surface area contributed by atoms with Crippen molar-refractivity contribution in [2.24, 2.45) is 4.99 Å².